The number of rotatable bonds is 4. The third-order valence-electron chi connectivity index (χ3n) is 2.35. The molecular formula is C12H11FN2O3. The molecule has 94 valence electrons. The molecule has 0 amide bonds. The Balaban J connectivity index is 2.08. The maximum Gasteiger partial charge on any atom is 0.335 e. The maximum atomic E-state index is 13.5. The highest BCUT2D eigenvalue weighted by Crippen LogP contribution is 2.17. The second-order valence-corrected chi connectivity index (χ2v) is 3.79. The van der Waals surface area contributed by atoms with Gasteiger partial charge in [0.25, 0.3) is 0 Å². The van der Waals surface area contributed by atoms with E-state index in [9.17, 15) is 9.18 Å². The molecule has 5 nitrogen and oxygen atoms in total. The van der Waals surface area contributed by atoms with Gasteiger partial charge in [-0.25, -0.2) is 9.18 Å². The van der Waals surface area contributed by atoms with Crippen LogP contribution in [0.1, 0.15) is 21.8 Å². The van der Waals surface area contributed by atoms with E-state index >= 15 is 0 Å². The number of benzene rings is 1. The van der Waals surface area contributed by atoms with E-state index in [4.69, 9.17) is 9.63 Å². The fourth-order valence-electron chi connectivity index (χ4n) is 1.47. The van der Waals surface area contributed by atoms with Crippen LogP contribution in [0.25, 0.3) is 0 Å². The number of aromatic nitrogens is 1. The van der Waals surface area contributed by atoms with Gasteiger partial charge in [0.05, 0.1) is 23.5 Å². The van der Waals surface area contributed by atoms with Gasteiger partial charge in [-0.3, -0.25) is 0 Å². The summed E-state index contributed by atoms with van der Waals surface area (Å²) in [4.78, 5) is 10.6. The van der Waals surface area contributed by atoms with Gasteiger partial charge in [0, 0.05) is 6.07 Å². The van der Waals surface area contributed by atoms with Crippen molar-refractivity contribution in [3.05, 3.63) is 47.1 Å². The molecule has 0 saturated heterocycles. The molecule has 6 heteroatoms. The van der Waals surface area contributed by atoms with E-state index in [0.29, 0.717) is 5.76 Å². The summed E-state index contributed by atoms with van der Waals surface area (Å²) in [5, 5.41) is 15.2. The molecule has 0 aliphatic rings. The molecule has 0 atom stereocenters. The van der Waals surface area contributed by atoms with Crippen LogP contribution in [0.5, 0.6) is 0 Å². The predicted molar refractivity (Wildman–Crippen MR) is 61.9 cm³/mol. The third kappa shape index (κ3) is 2.65. The monoisotopic (exact) mass is 250 g/mol. The number of hydrogen-bond donors (Lipinski definition) is 2. The van der Waals surface area contributed by atoms with Gasteiger partial charge >= 0.3 is 5.97 Å². The lowest BCUT2D eigenvalue weighted by Gasteiger charge is -2.05. The van der Waals surface area contributed by atoms with Crippen molar-refractivity contribution in [2.75, 3.05) is 5.32 Å². The van der Waals surface area contributed by atoms with E-state index in [1.807, 2.05) is 0 Å². The Labute approximate surface area is 102 Å². The molecule has 0 bridgehead atoms. The minimum absolute atomic E-state index is 0.0893. The van der Waals surface area contributed by atoms with Crippen LogP contribution in [0, 0.1) is 12.7 Å². The molecular weight excluding hydrogens is 239 g/mol. The first-order valence-electron chi connectivity index (χ1n) is 5.25. The van der Waals surface area contributed by atoms with Crippen molar-refractivity contribution in [2.24, 2.45) is 0 Å². The Bertz CT molecular complexity index is 580. The largest absolute Gasteiger partial charge is 0.478 e. The van der Waals surface area contributed by atoms with Crippen LogP contribution in [0.15, 0.2) is 28.8 Å². The topological polar surface area (TPSA) is 75.4 Å². The smallest absolute Gasteiger partial charge is 0.335 e. The first-order valence-corrected chi connectivity index (χ1v) is 5.25. The number of halogens is 1. The van der Waals surface area contributed by atoms with Crippen LogP contribution in [-0.4, -0.2) is 16.2 Å². The van der Waals surface area contributed by atoms with Crippen LogP contribution in [0.2, 0.25) is 0 Å². The number of carboxylic acid groups (broad SMARTS) is 1. The van der Waals surface area contributed by atoms with E-state index in [0.717, 1.165) is 11.8 Å². The van der Waals surface area contributed by atoms with Gasteiger partial charge < -0.3 is 14.9 Å². The van der Waals surface area contributed by atoms with Crippen molar-refractivity contribution in [2.45, 2.75) is 13.5 Å². The molecule has 18 heavy (non-hydrogen) atoms. The summed E-state index contributed by atoms with van der Waals surface area (Å²) in [6, 6.07) is 5.41. The summed E-state index contributed by atoms with van der Waals surface area (Å²) in [5.41, 5.74) is 0.871. The number of aromatic carboxylic acids is 1. The minimum Gasteiger partial charge on any atom is -0.478 e. The van der Waals surface area contributed by atoms with Gasteiger partial charge in [0.2, 0.25) is 0 Å². The first-order chi connectivity index (χ1) is 8.56. The van der Waals surface area contributed by atoms with Crippen molar-refractivity contribution in [3.63, 3.8) is 0 Å². The number of nitrogens with one attached hydrogen (secondary N) is 1. The molecule has 0 fully saturated rings. The van der Waals surface area contributed by atoms with Crippen LogP contribution < -0.4 is 5.32 Å². The lowest BCUT2D eigenvalue weighted by atomic mass is 10.2. The lowest BCUT2D eigenvalue weighted by molar-refractivity contribution is 0.0696. The molecule has 0 aliphatic carbocycles. The zero-order valence-electron chi connectivity index (χ0n) is 9.61. The fourth-order valence-corrected chi connectivity index (χ4v) is 1.47. The molecule has 0 saturated carbocycles. The zero-order chi connectivity index (χ0) is 13.1. The summed E-state index contributed by atoms with van der Waals surface area (Å²) in [5.74, 6) is -1.20. The highest BCUT2D eigenvalue weighted by Gasteiger charge is 2.08. The van der Waals surface area contributed by atoms with Crippen LogP contribution in [0.3, 0.4) is 0 Å². The molecule has 2 aromatic rings. The van der Waals surface area contributed by atoms with Crippen molar-refractivity contribution in [3.8, 4) is 0 Å². The van der Waals surface area contributed by atoms with E-state index in [2.05, 4.69) is 10.5 Å². The molecule has 0 aliphatic heterocycles. The molecule has 1 aromatic heterocycles. The number of aryl methyl sites for hydroxylation is 1. The number of anilines is 1. The van der Waals surface area contributed by atoms with E-state index < -0.39 is 11.8 Å². The van der Waals surface area contributed by atoms with Gasteiger partial charge in [-0.05, 0) is 25.1 Å². The Hall–Kier alpha value is -2.37. The Morgan fingerprint density at radius 2 is 2.28 bits per heavy atom. The van der Waals surface area contributed by atoms with Crippen LogP contribution in [-0.2, 0) is 6.54 Å². The molecule has 0 radical (unpaired) electrons. The predicted octanol–water partition coefficient (Wildman–Crippen LogP) is 2.43. The van der Waals surface area contributed by atoms with Crippen molar-refractivity contribution < 1.29 is 18.8 Å². The quantitative estimate of drug-likeness (QED) is 0.871. The van der Waals surface area contributed by atoms with Gasteiger partial charge in [-0.1, -0.05) is 5.16 Å². The van der Waals surface area contributed by atoms with E-state index in [1.54, 1.807) is 13.0 Å². The molecule has 0 unspecified atom stereocenters. The summed E-state index contributed by atoms with van der Waals surface area (Å²) < 4.78 is 18.5. The third-order valence-corrected chi connectivity index (χ3v) is 2.35. The van der Waals surface area contributed by atoms with Crippen LogP contribution >= 0.6 is 0 Å². The average Bonchev–Trinajstić information content (AvgIpc) is 2.73. The number of carbonyl (C=O) groups is 1. The van der Waals surface area contributed by atoms with E-state index in [1.165, 1.54) is 12.1 Å². The van der Waals surface area contributed by atoms with Gasteiger partial charge in [-0.15, -0.1) is 0 Å². The summed E-state index contributed by atoms with van der Waals surface area (Å²) in [6.07, 6.45) is 0. The standard InChI is InChI=1S/C12H11FN2O3/c1-7-4-9(18-15-7)6-14-11-3-2-8(12(16)17)5-10(11)13/h2-5,14H,6H2,1H3,(H,16,17). The number of carboxylic acids is 1. The second kappa shape index (κ2) is 4.87. The average molecular weight is 250 g/mol. The SMILES string of the molecule is Cc1cc(CNc2ccc(C(=O)O)cc2F)on1. The summed E-state index contributed by atoms with van der Waals surface area (Å²) in [7, 11) is 0. The minimum atomic E-state index is -1.16. The second-order valence-electron chi connectivity index (χ2n) is 3.79. The molecule has 0 spiro atoms. The Kier molecular flexibility index (Phi) is 3.27. The molecule has 2 rings (SSSR count). The highest BCUT2D eigenvalue weighted by atomic mass is 19.1. The lowest BCUT2D eigenvalue weighted by Crippen LogP contribution is -2.03. The van der Waals surface area contributed by atoms with E-state index in [-0.39, 0.29) is 17.8 Å². The van der Waals surface area contributed by atoms with Gasteiger partial charge in [-0.2, -0.15) is 0 Å². The van der Waals surface area contributed by atoms with Crippen molar-refractivity contribution >= 4 is 11.7 Å². The van der Waals surface area contributed by atoms with Crippen molar-refractivity contribution in [1.29, 1.82) is 0 Å². The Morgan fingerprint density at radius 3 is 2.83 bits per heavy atom. The highest BCUT2D eigenvalue weighted by molar-refractivity contribution is 5.88. The van der Waals surface area contributed by atoms with Gasteiger partial charge in [0.1, 0.15) is 5.82 Å². The zero-order valence-corrected chi connectivity index (χ0v) is 9.61. The normalized spacial score (nSPS) is 10.3. The molecule has 1 aromatic carbocycles. The molecule has 1 heterocycles. The first kappa shape index (κ1) is 12.1. The molecule has 2 N–H and O–H groups in total. The Morgan fingerprint density at radius 1 is 1.50 bits per heavy atom. The summed E-state index contributed by atoms with van der Waals surface area (Å²) in [6.45, 7) is 2.07. The fraction of sp³-hybridized carbons (Fsp3) is 0.167. The van der Waals surface area contributed by atoms with Gasteiger partial charge in [0.15, 0.2) is 5.76 Å². The summed E-state index contributed by atoms with van der Waals surface area (Å²) >= 11 is 0. The number of hydrogen-bond acceptors (Lipinski definition) is 4. The number of nitrogens with zero attached hydrogens (tertiary/aromatic N) is 1. The van der Waals surface area contributed by atoms with Crippen molar-refractivity contribution in [1.82, 2.24) is 5.16 Å². The maximum absolute atomic E-state index is 13.5. The van der Waals surface area contributed by atoms with Crippen LogP contribution in [0.4, 0.5) is 10.1 Å².